The molecule has 2 N–H and O–H groups in total. The van der Waals surface area contributed by atoms with Crippen LogP contribution in [0.3, 0.4) is 0 Å². The minimum atomic E-state index is -0.737. The molecule has 0 aromatic heterocycles. The van der Waals surface area contributed by atoms with Crippen LogP contribution in [0.15, 0.2) is 24.3 Å². The van der Waals surface area contributed by atoms with E-state index in [2.05, 4.69) is 6.07 Å². The fourth-order valence-electron chi connectivity index (χ4n) is 5.01. The van der Waals surface area contributed by atoms with E-state index >= 15 is 0 Å². The highest BCUT2D eigenvalue weighted by Crippen LogP contribution is 2.38. The third kappa shape index (κ3) is 3.49. The Labute approximate surface area is 169 Å². The maximum atomic E-state index is 13.2. The molecule has 1 unspecified atom stereocenters. The number of nitriles is 1. The van der Waals surface area contributed by atoms with Crippen LogP contribution in [0.25, 0.3) is 0 Å². The summed E-state index contributed by atoms with van der Waals surface area (Å²) in [5.41, 5.74) is 7.07. The molecule has 0 spiro atoms. The van der Waals surface area contributed by atoms with Gasteiger partial charge in [0.25, 0.3) is 0 Å². The molecule has 2 amide bonds. The summed E-state index contributed by atoms with van der Waals surface area (Å²) in [6, 6.07) is 6.96. The highest BCUT2D eigenvalue weighted by Gasteiger charge is 2.51. The molecule has 0 radical (unpaired) electrons. The van der Waals surface area contributed by atoms with Crippen LogP contribution < -0.4 is 5.73 Å². The lowest BCUT2D eigenvalue weighted by Gasteiger charge is -2.38. The van der Waals surface area contributed by atoms with Gasteiger partial charge in [-0.25, -0.2) is 4.39 Å². The molecule has 2 bridgehead atoms. The molecule has 7 nitrogen and oxygen atoms in total. The Balaban J connectivity index is 1.39. The molecule has 0 saturated carbocycles. The van der Waals surface area contributed by atoms with Gasteiger partial charge in [0, 0.05) is 25.7 Å². The monoisotopic (exact) mass is 399 g/mol. The van der Waals surface area contributed by atoms with E-state index in [0.717, 1.165) is 18.4 Å². The zero-order valence-electron chi connectivity index (χ0n) is 16.5. The minimum absolute atomic E-state index is 0.0359. The predicted molar refractivity (Wildman–Crippen MR) is 104 cm³/mol. The minimum Gasteiger partial charge on any atom is -0.330 e. The highest BCUT2D eigenvalue weighted by atomic mass is 19.1. The number of halogens is 1. The normalized spacial score (nSPS) is 28.6. The molecule has 3 aliphatic rings. The zero-order valence-corrected chi connectivity index (χ0v) is 16.5. The number of fused-ring (bicyclic) bond motifs is 2. The van der Waals surface area contributed by atoms with Crippen LogP contribution >= 0.6 is 0 Å². The van der Waals surface area contributed by atoms with Crippen LogP contribution in [0, 0.1) is 17.1 Å². The average molecular weight is 399 g/mol. The first-order valence-corrected chi connectivity index (χ1v) is 10.2. The molecule has 3 aliphatic heterocycles. The number of nitrogens with zero attached hydrogens (tertiary/aromatic N) is 4. The number of benzene rings is 1. The smallest absolute Gasteiger partial charge is 0.241 e. The fourth-order valence-corrected chi connectivity index (χ4v) is 5.01. The highest BCUT2D eigenvalue weighted by molar-refractivity contribution is 5.87. The van der Waals surface area contributed by atoms with Crippen molar-refractivity contribution >= 4 is 11.8 Å². The quantitative estimate of drug-likeness (QED) is 0.798. The maximum Gasteiger partial charge on any atom is 0.241 e. The van der Waals surface area contributed by atoms with Crippen LogP contribution in [0.2, 0.25) is 0 Å². The summed E-state index contributed by atoms with van der Waals surface area (Å²) in [6.07, 6.45) is 2.23. The lowest BCUT2D eigenvalue weighted by Crippen LogP contribution is -2.56. The van der Waals surface area contributed by atoms with Crippen molar-refractivity contribution in [2.24, 2.45) is 5.73 Å². The fraction of sp³-hybridized carbons (Fsp3) is 0.571. The summed E-state index contributed by atoms with van der Waals surface area (Å²) >= 11 is 0. The topological polar surface area (TPSA) is 93.7 Å². The second-order valence-corrected chi connectivity index (χ2v) is 8.26. The van der Waals surface area contributed by atoms with Crippen molar-refractivity contribution in [3.8, 4) is 6.07 Å². The van der Waals surface area contributed by atoms with Crippen LogP contribution in [-0.4, -0.2) is 70.3 Å². The average Bonchev–Trinajstić information content (AvgIpc) is 3.41. The second kappa shape index (κ2) is 7.73. The van der Waals surface area contributed by atoms with Crippen molar-refractivity contribution in [2.45, 2.75) is 56.4 Å². The van der Waals surface area contributed by atoms with E-state index in [4.69, 9.17) is 5.73 Å². The number of carbonyl (C=O) groups excluding carboxylic acids is 2. The maximum absolute atomic E-state index is 13.2. The van der Waals surface area contributed by atoms with E-state index in [9.17, 15) is 19.2 Å². The Hall–Kier alpha value is -2.50. The number of piperazine rings is 1. The Morgan fingerprint density at radius 3 is 2.76 bits per heavy atom. The molecule has 0 aliphatic carbocycles. The zero-order chi connectivity index (χ0) is 20.7. The Kier molecular flexibility index (Phi) is 5.28. The molecule has 3 fully saturated rings. The summed E-state index contributed by atoms with van der Waals surface area (Å²) in [4.78, 5) is 31.1. The van der Waals surface area contributed by atoms with Gasteiger partial charge in [0.2, 0.25) is 11.8 Å². The largest absolute Gasteiger partial charge is 0.330 e. The van der Waals surface area contributed by atoms with Gasteiger partial charge in [0.1, 0.15) is 11.9 Å². The molecule has 3 heterocycles. The lowest BCUT2D eigenvalue weighted by atomic mass is 10.1. The summed E-state index contributed by atoms with van der Waals surface area (Å²) < 4.78 is 13.2. The van der Waals surface area contributed by atoms with Crippen molar-refractivity contribution in [3.05, 3.63) is 35.6 Å². The molecular formula is C21H26FN5O2. The van der Waals surface area contributed by atoms with Crippen LogP contribution in [0.5, 0.6) is 0 Å². The van der Waals surface area contributed by atoms with E-state index < -0.39 is 12.1 Å². The Morgan fingerprint density at radius 2 is 2.10 bits per heavy atom. The molecule has 5 atom stereocenters. The summed E-state index contributed by atoms with van der Waals surface area (Å²) in [5, 5.41) is 9.20. The van der Waals surface area contributed by atoms with Gasteiger partial charge in [-0.2, -0.15) is 5.26 Å². The van der Waals surface area contributed by atoms with Crippen molar-refractivity contribution in [3.63, 3.8) is 0 Å². The van der Waals surface area contributed by atoms with E-state index in [1.54, 1.807) is 17.0 Å². The van der Waals surface area contributed by atoms with Gasteiger partial charge in [-0.15, -0.1) is 0 Å². The number of carbonyl (C=O) groups is 2. The Morgan fingerprint density at radius 1 is 1.38 bits per heavy atom. The molecule has 154 valence electrons. The predicted octanol–water partition coefficient (Wildman–Crippen LogP) is 1.01. The third-order valence-corrected chi connectivity index (χ3v) is 6.52. The number of hydrogen-bond acceptors (Lipinski definition) is 5. The van der Waals surface area contributed by atoms with Crippen LogP contribution in [0.4, 0.5) is 4.39 Å². The molecule has 3 saturated heterocycles. The first-order chi connectivity index (χ1) is 13.9. The number of hydrogen-bond donors (Lipinski definition) is 1. The molecular weight excluding hydrogens is 373 g/mol. The van der Waals surface area contributed by atoms with Gasteiger partial charge in [0.15, 0.2) is 0 Å². The molecule has 29 heavy (non-hydrogen) atoms. The second-order valence-electron chi connectivity index (χ2n) is 8.26. The molecule has 1 aromatic rings. The molecule has 8 heteroatoms. The van der Waals surface area contributed by atoms with Gasteiger partial charge in [-0.3, -0.25) is 14.5 Å². The van der Waals surface area contributed by atoms with Crippen molar-refractivity contribution < 1.29 is 14.0 Å². The van der Waals surface area contributed by atoms with Gasteiger partial charge < -0.3 is 15.5 Å². The first kappa shape index (κ1) is 19.8. The van der Waals surface area contributed by atoms with Gasteiger partial charge in [0.05, 0.1) is 24.2 Å². The number of rotatable bonds is 5. The standard InChI is InChI=1S/C21H26FN5O2/c1-13(14-4-6-15(22)7-5-14)27-17-9-19(21(27)29)25(11-17)12-18(24)20(28)26-8-2-3-16(26)10-23/h4-7,13,16-19H,2-3,8-9,11-12,24H2,1H3/t13-,16+,17?,18+,19-/m1/s1. The third-order valence-electron chi connectivity index (χ3n) is 6.52. The molecule has 4 rings (SSSR count). The van der Waals surface area contributed by atoms with E-state index in [-0.39, 0.29) is 35.8 Å². The summed E-state index contributed by atoms with van der Waals surface area (Å²) in [6.45, 7) is 3.52. The van der Waals surface area contributed by atoms with Crippen LogP contribution in [-0.2, 0) is 9.59 Å². The number of likely N-dealkylation sites (tertiary alicyclic amines) is 3. The SMILES string of the molecule is C[C@H](c1ccc(F)cc1)N1C(=O)[C@H]2CC1CN2C[C@H](N)C(=O)N1CCC[C@H]1C#N. The van der Waals surface area contributed by atoms with E-state index in [0.29, 0.717) is 26.1 Å². The van der Waals surface area contributed by atoms with Gasteiger partial charge >= 0.3 is 0 Å². The van der Waals surface area contributed by atoms with E-state index in [1.807, 2.05) is 16.7 Å². The summed E-state index contributed by atoms with van der Waals surface area (Å²) in [5.74, 6) is -0.466. The van der Waals surface area contributed by atoms with Gasteiger partial charge in [-0.05, 0) is 43.9 Å². The Bertz CT molecular complexity index is 838. The summed E-state index contributed by atoms with van der Waals surface area (Å²) in [7, 11) is 0. The van der Waals surface area contributed by atoms with E-state index in [1.165, 1.54) is 12.1 Å². The van der Waals surface area contributed by atoms with Crippen molar-refractivity contribution in [1.82, 2.24) is 14.7 Å². The first-order valence-electron chi connectivity index (χ1n) is 10.2. The number of nitrogens with two attached hydrogens (primary N) is 1. The van der Waals surface area contributed by atoms with Crippen molar-refractivity contribution in [1.29, 1.82) is 5.26 Å². The van der Waals surface area contributed by atoms with Gasteiger partial charge in [-0.1, -0.05) is 12.1 Å². The molecule has 1 aromatic carbocycles. The van der Waals surface area contributed by atoms with Crippen LogP contribution in [0.1, 0.15) is 37.8 Å². The number of amides is 2. The van der Waals surface area contributed by atoms with Crippen molar-refractivity contribution in [2.75, 3.05) is 19.6 Å². The lowest BCUT2D eigenvalue weighted by molar-refractivity contribution is -0.140.